The van der Waals surface area contributed by atoms with Crippen molar-refractivity contribution in [1.29, 1.82) is 0 Å². The van der Waals surface area contributed by atoms with Crippen LogP contribution < -0.4 is 0 Å². The van der Waals surface area contributed by atoms with E-state index in [1.807, 2.05) is 0 Å². The molecule has 1 aliphatic heterocycles. The molecule has 0 aromatic rings. The maximum absolute atomic E-state index is 12.4. The van der Waals surface area contributed by atoms with E-state index in [-0.39, 0.29) is 12.4 Å². The molecule has 1 unspecified atom stereocenters. The Bertz CT molecular complexity index is 797. The van der Waals surface area contributed by atoms with Crippen LogP contribution in [0, 0.1) is 17.8 Å². The minimum absolute atomic E-state index is 0.0392. The molecule has 0 spiro atoms. The molecule has 0 bridgehead atoms. The van der Waals surface area contributed by atoms with Gasteiger partial charge in [-0.3, -0.25) is 9.59 Å². The fourth-order valence-corrected chi connectivity index (χ4v) is 9.07. The van der Waals surface area contributed by atoms with Crippen LogP contribution in [-0.2, 0) is 14.3 Å². The van der Waals surface area contributed by atoms with Crippen molar-refractivity contribution in [1.82, 2.24) is 9.80 Å². The molecule has 57 heavy (non-hydrogen) atoms. The molecule has 1 aliphatic rings. The highest BCUT2D eigenvalue weighted by Crippen LogP contribution is 2.25. The summed E-state index contributed by atoms with van der Waals surface area (Å²) in [5, 5.41) is 6.89. The van der Waals surface area contributed by atoms with Crippen LogP contribution >= 0.6 is 0 Å². The van der Waals surface area contributed by atoms with E-state index >= 15 is 0 Å². The first kappa shape index (κ1) is 55.9. The molecule has 0 saturated carbocycles. The zero-order chi connectivity index (χ0) is 41.9. The van der Waals surface area contributed by atoms with Crippen molar-refractivity contribution in [3.05, 3.63) is 0 Å². The summed E-state index contributed by atoms with van der Waals surface area (Å²) in [4.78, 5) is 26.0. The van der Waals surface area contributed by atoms with Crippen molar-refractivity contribution < 1.29 is 19.4 Å². The number of hydrogen-bond donors (Lipinski definition) is 1. The molecule has 0 amide bonds. The normalized spacial score (nSPS) is 14.2. The van der Waals surface area contributed by atoms with Gasteiger partial charge in [-0.15, -0.1) is 0 Å². The van der Waals surface area contributed by atoms with Crippen molar-refractivity contribution in [2.45, 2.75) is 252 Å². The first-order chi connectivity index (χ1) is 27.9. The van der Waals surface area contributed by atoms with Crippen LogP contribution in [0.3, 0.4) is 0 Å². The molecular formula is C51H102N2O4. The smallest absolute Gasteiger partial charge is 0.305 e. The molecule has 1 heterocycles. The second-order valence-corrected chi connectivity index (χ2v) is 18.4. The van der Waals surface area contributed by atoms with Gasteiger partial charge in [0.15, 0.2) is 0 Å². The predicted octanol–water partition coefficient (Wildman–Crippen LogP) is 15.1. The van der Waals surface area contributed by atoms with Crippen LogP contribution in [0.2, 0.25) is 0 Å². The SMILES string of the molecule is CCCCCC(CCCCC)CCCCCCCCCCC(CCCCCCCCC(=O)OCCC(CCCCC)CCCCC)CN1CCN(C)CC1.O=CO. The summed E-state index contributed by atoms with van der Waals surface area (Å²) in [6.07, 6.45) is 47.2. The molecule has 340 valence electrons. The van der Waals surface area contributed by atoms with E-state index in [1.54, 1.807) is 0 Å². The summed E-state index contributed by atoms with van der Waals surface area (Å²) in [5.74, 6) is 2.67. The van der Waals surface area contributed by atoms with Gasteiger partial charge in [0.1, 0.15) is 0 Å². The number of nitrogens with zero attached hydrogens (tertiary/aromatic N) is 2. The Labute approximate surface area is 357 Å². The summed E-state index contributed by atoms with van der Waals surface area (Å²) < 4.78 is 5.69. The number of likely N-dealkylation sites (N-methyl/N-ethyl adjacent to an activating group) is 1. The third-order valence-corrected chi connectivity index (χ3v) is 13.0. The first-order valence-corrected chi connectivity index (χ1v) is 25.6. The van der Waals surface area contributed by atoms with Crippen LogP contribution in [0.5, 0.6) is 0 Å². The van der Waals surface area contributed by atoms with E-state index < -0.39 is 0 Å². The molecule has 0 radical (unpaired) electrons. The Hall–Kier alpha value is -1.14. The maximum Gasteiger partial charge on any atom is 0.305 e. The summed E-state index contributed by atoms with van der Waals surface area (Å²) >= 11 is 0. The molecule has 0 aliphatic carbocycles. The van der Waals surface area contributed by atoms with Gasteiger partial charge < -0.3 is 19.6 Å². The highest BCUT2D eigenvalue weighted by Gasteiger charge is 2.18. The summed E-state index contributed by atoms with van der Waals surface area (Å²) in [6.45, 7) is 15.9. The number of piperazine rings is 1. The minimum Gasteiger partial charge on any atom is -0.483 e. The van der Waals surface area contributed by atoms with E-state index in [0.717, 1.165) is 30.6 Å². The molecule has 1 saturated heterocycles. The van der Waals surface area contributed by atoms with Gasteiger partial charge in [0.25, 0.3) is 6.47 Å². The lowest BCUT2D eigenvalue weighted by Gasteiger charge is -2.34. The van der Waals surface area contributed by atoms with Crippen LogP contribution in [0.4, 0.5) is 0 Å². The van der Waals surface area contributed by atoms with Crippen molar-refractivity contribution in [3.63, 3.8) is 0 Å². The number of rotatable bonds is 41. The third kappa shape index (κ3) is 38.8. The van der Waals surface area contributed by atoms with Crippen molar-refractivity contribution in [2.24, 2.45) is 17.8 Å². The Morgan fingerprint density at radius 1 is 0.491 bits per heavy atom. The number of carboxylic acid groups (broad SMARTS) is 1. The Morgan fingerprint density at radius 3 is 1.19 bits per heavy atom. The average Bonchev–Trinajstić information content (AvgIpc) is 3.20. The first-order valence-electron chi connectivity index (χ1n) is 25.6. The number of unbranched alkanes of at least 4 members (excludes halogenated alkanes) is 20. The highest BCUT2D eigenvalue weighted by atomic mass is 16.5. The van der Waals surface area contributed by atoms with E-state index in [1.165, 1.54) is 238 Å². The van der Waals surface area contributed by atoms with Crippen LogP contribution in [0.1, 0.15) is 252 Å². The number of esters is 1. The van der Waals surface area contributed by atoms with Gasteiger partial charge in [-0.1, -0.05) is 220 Å². The molecule has 1 atom stereocenters. The lowest BCUT2D eigenvalue weighted by molar-refractivity contribution is -0.144. The maximum atomic E-state index is 12.4. The molecule has 0 aromatic heterocycles. The Morgan fingerprint density at radius 2 is 0.807 bits per heavy atom. The average molecular weight is 807 g/mol. The number of ether oxygens (including phenoxy) is 1. The van der Waals surface area contributed by atoms with Gasteiger partial charge in [-0.25, -0.2) is 0 Å². The topological polar surface area (TPSA) is 70.1 Å². The molecule has 6 heteroatoms. The van der Waals surface area contributed by atoms with Gasteiger partial charge in [-0.2, -0.15) is 0 Å². The molecule has 0 aromatic carbocycles. The second kappa shape index (κ2) is 44.4. The minimum atomic E-state index is -0.250. The fourth-order valence-electron chi connectivity index (χ4n) is 9.07. The number of hydrogen-bond acceptors (Lipinski definition) is 5. The monoisotopic (exact) mass is 807 g/mol. The lowest BCUT2D eigenvalue weighted by Crippen LogP contribution is -2.46. The van der Waals surface area contributed by atoms with Gasteiger partial charge in [-0.05, 0) is 50.5 Å². The van der Waals surface area contributed by atoms with E-state index in [9.17, 15) is 4.79 Å². The number of carbonyl (C=O) groups excluding carboxylic acids is 1. The summed E-state index contributed by atoms with van der Waals surface area (Å²) in [5.41, 5.74) is 0. The highest BCUT2D eigenvalue weighted by molar-refractivity contribution is 5.69. The van der Waals surface area contributed by atoms with Crippen LogP contribution in [0.15, 0.2) is 0 Å². The second-order valence-electron chi connectivity index (χ2n) is 18.4. The largest absolute Gasteiger partial charge is 0.483 e. The lowest BCUT2D eigenvalue weighted by atomic mass is 9.90. The fraction of sp³-hybridized carbons (Fsp3) is 0.961. The Balaban J connectivity index is 0.0000101. The van der Waals surface area contributed by atoms with Crippen molar-refractivity contribution in [3.8, 4) is 0 Å². The third-order valence-electron chi connectivity index (χ3n) is 13.0. The molecule has 1 N–H and O–H groups in total. The summed E-state index contributed by atoms with van der Waals surface area (Å²) in [6, 6.07) is 0. The van der Waals surface area contributed by atoms with E-state index in [2.05, 4.69) is 44.5 Å². The molecule has 1 rings (SSSR count). The van der Waals surface area contributed by atoms with E-state index in [0.29, 0.717) is 13.0 Å². The molecule has 6 nitrogen and oxygen atoms in total. The molecular weight excluding hydrogens is 705 g/mol. The standard InChI is InChI=1S/C50H100N2O2.CH2O2/c1-6-10-24-32-47(33-25-11-7-2)36-28-20-16-14-15-17-21-29-37-49(46-52-43-41-51(5)42-44-52)38-30-22-18-19-23-31-39-50(53)54-45-40-48(34-26-12-8-3)35-27-13-9-4;2-1-3/h47-49H,6-46H2,1-5H3;1H,(H,2,3). The zero-order valence-electron chi connectivity index (χ0n) is 39.4. The van der Waals surface area contributed by atoms with Crippen LogP contribution in [0.25, 0.3) is 0 Å². The van der Waals surface area contributed by atoms with Gasteiger partial charge in [0.2, 0.25) is 0 Å². The van der Waals surface area contributed by atoms with Crippen molar-refractivity contribution >= 4 is 12.4 Å². The summed E-state index contributed by atoms with van der Waals surface area (Å²) in [7, 11) is 2.28. The molecule has 1 fully saturated rings. The Kier molecular flexibility index (Phi) is 43.5. The van der Waals surface area contributed by atoms with E-state index in [4.69, 9.17) is 14.6 Å². The van der Waals surface area contributed by atoms with Gasteiger partial charge in [0, 0.05) is 39.1 Å². The predicted molar refractivity (Wildman–Crippen MR) is 248 cm³/mol. The zero-order valence-corrected chi connectivity index (χ0v) is 39.4. The van der Waals surface area contributed by atoms with Crippen LogP contribution in [-0.4, -0.2) is 73.7 Å². The van der Waals surface area contributed by atoms with Gasteiger partial charge >= 0.3 is 5.97 Å². The van der Waals surface area contributed by atoms with Gasteiger partial charge in [0.05, 0.1) is 6.61 Å². The van der Waals surface area contributed by atoms with Crippen molar-refractivity contribution in [2.75, 3.05) is 46.4 Å². The number of carbonyl (C=O) groups is 2. The quantitative estimate of drug-likeness (QED) is 0.0377.